The molecule has 1 N–H and O–H groups in total. The molecule has 6 nitrogen and oxygen atoms in total. The van der Waals surface area contributed by atoms with E-state index in [1.165, 1.54) is 6.07 Å². The van der Waals surface area contributed by atoms with E-state index in [0.29, 0.717) is 36.9 Å². The van der Waals surface area contributed by atoms with Crippen LogP contribution >= 0.6 is 0 Å². The Hall–Kier alpha value is -2.44. The van der Waals surface area contributed by atoms with E-state index in [1.807, 2.05) is 25.7 Å². The Bertz CT molecular complexity index is 764. The van der Waals surface area contributed by atoms with Gasteiger partial charge in [-0.3, -0.25) is 0 Å². The van der Waals surface area contributed by atoms with E-state index in [1.54, 1.807) is 0 Å². The molecule has 0 bridgehead atoms. The van der Waals surface area contributed by atoms with E-state index in [0.717, 1.165) is 11.6 Å². The second-order valence-corrected chi connectivity index (χ2v) is 6.72. The number of rotatable bonds is 2. The lowest BCUT2D eigenvalue weighted by molar-refractivity contribution is 0.0694. The smallest absolute Gasteiger partial charge is 0.336 e. The van der Waals surface area contributed by atoms with Gasteiger partial charge in [0.1, 0.15) is 5.82 Å². The van der Waals surface area contributed by atoms with Gasteiger partial charge in [0, 0.05) is 18.5 Å². The van der Waals surface area contributed by atoms with Crippen molar-refractivity contribution in [3.63, 3.8) is 0 Å². The van der Waals surface area contributed by atoms with Crippen LogP contribution < -0.4 is 4.90 Å². The minimum absolute atomic E-state index is 0.00996. The number of carboxylic acid groups (broad SMARTS) is 1. The van der Waals surface area contributed by atoms with Gasteiger partial charge < -0.3 is 14.5 Å². The number of nitrogens with zero attached hydrogens (tertiary/aromatic N) is 3. The van der Waals surface area contributed by atoms with E-state index >= 15 is 0 Å². The zero-order chi connectivity index (χ0) is 16.8. The Labute approximate surface area is 132 Å². The lowest BCUT2D eigenvalue weighted by atomic mass is 9.94. The summed E-state index contributed by atoms with van der Waals surface area (Å²) >= 11 is 0. The number of benzene rings is 1. The Kier molecular flexibility index (Phi) is 3.58. The summed E-state index contributed by atoms with van der Waals surface area (Å²) in [5.74, 6) is -0.702. The Morgan fingerprint density at radius 2 is 2.13 bits per heavy atom. The van der Waals surface area contributed by atoms with E-state index in [4.69, 9.17) is 4.52 Å². The molecule has 1 aliphatic heterocycles. The predicted molar refractivity (Wildman–Crippen MR) is 81.1 cm³/mol. The van der Waals surface area contributed by atoms with Crippen LogP contribution in [0, 0.1) is 5.82 Å². The van der Waals surface area contributed by atoms with Gasteiger partial charge in [-0.05, 0) is 34.8 Å². The quantitative estimate of drug-likeness (QED) is 0.917. The molecule has 0 saturated carbocycles. The number of hydrogen-bond acceptors (Lipinski definition) is 5. The Morgan fingerprint density at radius 3 is 2.74 bits per heavy atom. The van der Waals surface area contributed by atoms with Crippen LogP contribution in [-0.2, 0) is 18.4 Å². The molecular weight excluding hydrogens is 301 g/mol. The highest BCUT2D eigenvalue weighted by Crippen LogP contribution is 2.28. The van der Waals surface area contributed by atoms with Crippen molar-refractivity contribution in [2.75, 3.05) is 11.4 Å². The number of aromatic nitrogens is 2. The molecular formula is C16H18FN3O3. The summed E-state index contributed by atoms with van der Waals surface area (Å²) < 4.78 is 18.8. The fraction of sp³-hybridized carbons (Fsp3) is 0.438. The van der Waals surface area contributed by atoms with Crippen molar-refractivity contribution in [2.24, 2.45) is 0 Å². The summed E-state index contributed by atoms with van der Waals surface area (Å²) in [7, 11) is 0. The van der Waals surface area contributed by atoms with Crippen LogP contribution in [-0.4, -0.2) is 27.8 Å². The van der Waals surface area contributed by atoms with Crippen LogP contribution in [0.1, 0.15) is 48.1 Å². The fourth-order valence-corrected chi connectivity index (χ4v) is 2.64. The summed E-state index contributed by atoms with van der Waals surface area (Å²) in [6.45, 7) is 6.82. The minimum Gasteiger partial charge on any atom is -0.478 e. The van der Waals surface area contributed by atoms with Crippen molar-refractivity contribution in [3.05, 3.63) is 40.5 Å². The Morgan fingerprint density at radius 1 is 1.39 bits per heavy atom. The molecule has 0 aliphatic carbocycles. The zero-order valence-electron chi connectivity index (χ0n) is 13.3. The molecule has 1 aromatic carbocycles. The van der Waals surface area contributed by atoms with Crippen molar-refractivity contribution in [2.45, 2.75) is 39.2 Å². The molecule has 0 saturated heterocycles. The minimum atomic E-state index is -1.13. The number of anilines is 1. The topological polar surface area (TPSA) is 79.5 Å². The molecule has 3 rings (SSSR count). The predicted octanol–water partition coefficient (Wildman–Crippen LogP) is 2.77. The van der Waals surface area contributed by atoms with Gasteiger partial charge in [-0.2, -0.15) is 4.98 Å². The summed E-state index contributed by atoms with van der Waals surface area (Å²) in [6, 6.07) is 2.46. The van der Waals surface area contributed by atoms with Gasteiger partial charge in [0.15, 0.2) is 0 Å². The van der Waals surface area contributed by atoms with Gasteiger partial charge in [-0.25, -0.2) is 9.18 Å². The van der Waals surface area contributed by atoms with Crippen molar-refractivity contribution in [1.29, 1.82) is 0 Å². The average molecular weight is 319 g/mol. The third kappa shape index (κ3) is 2.91. The van der Waals surface area contributed by atoms with Crippen LogP contribution in [0.3, 0.4) is 0 Å². The normalized spacial score (nSPS) is 14.7. The molecule has 0 unspecified atom stereocenters. The molecule has 2 heterocycles. The van der Waals surface area contributed by atoms with Gasteiger partial charge >= 0.3 is 5.97 Å². The highest BCUT2D eigenvalue weighted by molar-refractivity contribution is 5.90. The van der Waals surface area contributed by atoms with Gasteiger partial charge in [-0.1, -0.05) is 20.8 Å². The van der Waals surface area contributed by atoms with Crippen LogP contribution in [0.5, 0.6) is 0 Å². The van der Waals surface area contributed by atoms with E-state index < -0.39 is 11.8 Å². The molecule has 1 aromatic heterocycles. The number of aromatic carboxylic acids is 1. The second kappa shape index (κ2) is 5.33. The number of halogens is 1. The Balaban J connectivity index is 1.94. The van der Waals surface area contributed by atoms with E-state index in [-0.39, 0.29) is 11.0 Å². The molecule has 0 spiro atoms. The van der Waals surface area contributed by atoms with Gasteiger partial charge in [0.05, 0.1) is 5.56 Å². The molecule has 23 heavy (non-hydrogen) atoms. The second-order valence-electron chi connectivity index (χ2n) is 6.72. The molecule has 2 aromatic rings. The third-order valence-corrected chi connectivity index (χ3v) is 3.88. The average Bonchev–Trinajstić information content (AvgIpc) is 2.95. The van der Waals surface area contributed by atoms with Gasteiger partial charge in [0.25, 0.3) is 5.95 Å². The summed E-state index contributed by atoms with van der Waals surface area (Å²) in [4.78, 5) is 17.6. The van der Waals surface area contributed by atoms with E-state index in [9.17, 15) is 14.3 Å². The summed E-state index contributed by atoms with van der Waals surface area (Å²) in [5.41, 5.74) is 1.06. The standard InChI is InChI=1S/C16H18FN3O3/c1-16(2,3)14-18-15(19-23-14)20-5-4-9-6-10(17)7-11(13(21)22)12(9)8-20/h6-7H,4-5,8H2,1-3H3,(H,21,22). The van der Waals surface area contributed by atoms with Gasteiger partial charge in [-0.15, -0.1) is 0 Å². The zero-order valence-corrected chi connectivity index (χ0v) is 13.3. The monoisotopic (exact) mass is 319 g/mol. The SMILES string of the molecule is CC(C)(C)c1nc(N2CCc3cc(F)cc(C(=O)O)c3C2)no1. The van der Waals surface area contributed by atoms with Crippen molar-refractivity contribution < 1.29 is 18.8 Å². The van der Waals surface area contributed by atoms with Crippen molar-refractivity contribution in [3.8, 4) is 0 Å². The highest BCUT2D eigenvalue weighted by atomic mass is 19.1. The number of hydrogen-bond donors (Lipinski definition) is 1. The lowest BCUT2D eigenvalue weighted by Crippen LogP contribution is -2.32. The maximum absolute atomic E-state index is 13.6. The molecule has 0 radical (unpaired) electrons. The first kappa shape index (κ1) is 15.5. The third-order valence-electron chi connectivity index (χ3n) is 3.88. The first-order valence-corrected chi connectivity index (χ1v) is 7.39. The fourth-order valence-electron chi connectivity index (χ4n) is 2.64. The van der Waals surface area contributed by atoms with Gasteiger partial charge in [0.2, 0.25) is 5.89 Å². The lowest BCUT2D eigenvalue weighted by Gasteiger charge is -2.28. The van der Waals surface area contributed by atoms with Crippen LogP contribution in [0.4, 0.5) is 10.3 Å². The largest absolute Gasteiger partial charge is 0.478 e. The van der Waals surface area contributed by atoms with Crippen molar-refractivity contribution >= 4 is 11.9 Å². The van der Waals surface area contributed by atoms with Crippen molar-refractivity contribution in [1.82, 2.24) is 10.1 Å². The van der Waals surface area contributed by atoms with Crippen LogP contribution in [0.15, 0.2) is 16.7 Å². The molecule has 7 heteroatoms. The molecule has 1 aliphatic rings. The van der Waals surface area contributed by atoms with Crippen LogP contribution in [0.25, 0.3) is 0 Å². The molecule has 0 amide bonds. The maximum Gasteiger partial charge on any atom is 0.336 e. The summed E-state index contributed by atoms with van der Waals surface area (Å²) in [6.07, 6.45) is 0.534. The maximum atomic E-state index is 13.6. The van der Waals surface area contributed by atoms with Crippen LogP contribution in [0.2, 0.25) is 0 Å². The number of fused-ring (bicyclic) bond motifs is 1. The molecule has 122 valence electrons. The molecule has 0 fully saturated rings. The first-order chi connectivity index (χ1) is 10.8. The first-order valence-electron chi connectivity index (χ1n) is 7.39. The number of carboxylic acids is 1. The molecule has 0 atom stereocenters. The highest BCUT2D eigenvalue weighted by Gasteiger charge is 2.28. The number of carbonyl (C=O) groups is 1. The summed E-state index contributed by atoms with van der Waals surface area (Å²) in [5, 5.41) is 13.3. The van der Waals surface area contributed by atoms with E-state index in [2.05, 4.69) is 10.1 Å².